The molecule has 0 atom stereocenters. The summed E-state index contributed by atoms with van der Waals surface area (Å²) in [6, 6.07) is 21.7. The second-order valence-corrected chi connectivity index (χ2v) is 5.82. The van der Waals surface area contributed by atoms with Gasteiger partial charge in [-0.2, -0.15) is 0 Å². The highest BCUT2D eigenvalue weighted by molar-refractivity contribution is 5.84. The molecule has 2 aromatic carbocycles. The van der Waals surface area contributed by atoms with Crippen LogP contribution in [0.15, 0.2) is 72.8 Å². The van der Waals surface area contributed by atoms with E-state index in [0.717, 1.165) is 19.6 Å². The fourth-order valence-corrected chi connectivity index (χ4v) is 3.48. The van der Waals surface area contributed by atoms with E-state index in [1.54, 1.807) is 0 Å². The zero-order valence-electron chi connectivity index (χ0n) is 12.1. The Morgan fingerprint density at radius 2 is 1.14 bits per heavy atom. The summed E-state index contributed by atoms with van der Waals surface area (Å²) in [7, 11) is 0. The third-order valence-electron chi connectivity index (χ3n) is 4.54. The monoisotopic (exact) mass is 273 g/mol. The van der Waals surface area contributed by atoms with E-state index >= 15 is 0 Å². The molecule has 2 bridgehead atoms. The number of nitrogens with zero attached hydrogens (tertiary/aromatic N) is 1. The smallest absolute Gasteiger partial charge is 0.0224 e. The summed E-state index contributed by atoms with van der Waals surface area (Å²) >= 11 is 0. The van der Waals surface area contributed by atoms with Gasteiger partial charge in [-0.3, -0.25) is 4.90 Å². The summed E-state index contributed by atoms with van der Waals surface area (Å²) < 4.78 is 0. The normalized spacial score (nSPS) is 24.2. The second-order valence-electron chi connectivity index (χ2n) is 5.82. The van der Waals surface area contributed by atoms with Crippen molar-refractivity contribution in [3.8, 4) is 0 Å². The van der Waals surface area contributed by atoms with E-state index in [4.69, 9.17) is 0 Å². The van der Waals surface area contributed by atoms with Crippen LogP contribution in [0.5, 0.6) is 0 Å². The molecule has 0 saturated heterocycles. The molecular weight excluding hydrogens is 254 g/mol. The summed E-state index contributed by atoms with van der Waals surface area (Å²) in [5, 5.41) is 0. The van der Waals surface area contributed by atoms with Crippen LogP contribution in [0, 0.1) is 5.92 Å². The minimum atomic E-state index is 0.497. The van der Waals surface area contributed by atoms with Crippen LogP contribution in [0.1, 0.15) is 11.1 Å². The topological polar surface area (TPSA) is 3.24 Å². The van der Waals surface area contributed by atoms with Gasteiger partial charge in [0.2, 0.25) is 0 Å². The predicted octanol–water partition coefficient (Wildman–Crippen LogP) is 4.10. The third-order valence-corrected chi connectivity index (χ3v) is 4.54. The fraction of sp³-hybridized carbons (Fsp3) is 0.200. The fourth-order valence-electron chi connectivity index (χ4n) is 3.48. The van der Waals surface area contributed by atoms with Gasteiger partial charge in [0.1, 0.15) is 0 Å². The van der Waals surface area contributed by atoms with Gasteiger partial charge in [-0.1, -0.05) is 72.8 Å². The summed E-state index contributed by atoms with van der Waals surface area (Å²) in [6.07, 6.45) is 4.83. The molecule has 2 aliphatic heterocycles. The van der Waals surface area contributed by atoms with Crippen LogP contribution >= 0.6 is 0 Å². The Morgan fingerprint density at radius 1 is 0.667 bits per heavy atom. The zero-order chi connectivity index (χ0) is 14.1. The van der Waals surface area contributed by atoms with Crippen molar-refractivity contribution < 1.29 is 0 Å². The Bertz CT molecular complexity index is 623. The molecule has 0 saturated carbocycles. The molecule has 0 fully saturated rings. The van der Waals surface area contributed by atoms with Crippen molar-refractivity contribution in [2.24, 2.45) is 5.92 Å². The molecule has 0 radical (unpaired) electrons. The van der Waals surface area contributed by atoms with Crippen LogP contribution in [-0.4, -0.2) is 24.5 Å². The van der Waals surface area contributed by atoms with Gasteiger partial charge >= 0.3 is 0 Å². The van der Waals surface area contributed by atoms with Crippen LogP contribution in [0.4, 0.5) is 0 Å². The van der Waals surface area contributed by atoms with Gasteiger partial charge in [-0.25, -0.2) is 0 Å². The zero-order valence-corrected chi connectivity index (χ0v) is 12.1. The molecule has 2 heterocycles. The first kappa shape index (κ1) is 12.6. The summed E-state index contributed by atoms with van der Waals surface area (Å²) in [6.45, 7) is 3.28. The number of hydrogen-bond acceptors (Lipinski definition) is 1. The molecule has 104 valence electrons. The second kappa shape index (κ2) is 5.34. The van der Waals surface area contributed by atoms with Gasteiger partial charge in [0, 0.05) is 25.6 Å². The van der Waals surface area contributed by atoms with Gasteiger partial charge in [-0.15, -0.1) is 0 Å². The Kier molecular flexibility index (Phi) is 3.21. The molecule has 2 aromatic rings. The lowest BCUT2D eigenvalue weighted by atomic mass is 9.79. The van der Waals surface area contributed by atoms with Crippen LogP contribution in [-0.2, 0) is 0 Å². The largest absolute Gasteiger partial charge is 0.295 e. The Hall–Kier alpha value is -2.12. The molecule has 0 unspecified atom stereocenters. The Balaban J connectivity index is 1.76. The van der Waals surface area contributed by atoms with Crippen molar-refractivity contribution in [3.63, 3.8) is 0 Å². The van der Waals surface area contributed by atoms with Crippen molar-refractivity contribution in [2.45, 2.75) is 0 Å². The van der Waals surface area contributed by atoms with Crippen molar-refractivity contribution >= 4 is 11.1 Å². The maximum Gasteiger partial charge on any atom is 0.0224 e. The van der Waals surface area contributed by atoms with Gasteiger partial charge < -0.3 is 0 Å². The maximum atomic E-state index is 2.52. The summed E-state index contributed by atoms with van der Waals surface area (Å²) in [5.41, 5.74) is 5.71. The number of rotatable bonds is 2. The average molecular weight is 273 g/mol. The van der Waals surface area contributed by atoms with Gasteiger partial charge in [0.05, 0.1) is 0 Å². The standard InChI is InChI=1S/C20H19N/c1-3-7-16(8-4-1)18-11-13-21-14-12-19(20(18)15-21)17-9-5-2-6-10-17/h1-12,20H,13-15H2. The minimum Gasteiger partial charge on any atom is -0.295 e. The molecule has 1 nitrogen and oxygen atoms in total. The lowest BCUT2D eigenvalue weighted by Gasteiger charge is -2.38. The molecule has 0 aromatic heterocycles. The van der Waals surface area contributed by atoms with E-state index in [1.807, 2.05) is 0 Å². The molecular formula is C20H19N. The van der Waals surface area contributed by atoms with E-state index < -0.39 is 0 Å². The van der Waals surface area contributed by atoms with E-state index in [1.165, 1.54) is 22.3 Å². The lowest BCUT2D eigenvalue weighted by Crippen LogP contribution is -2.38. The van der Waals surface area contributed by atoms with E-state index in [9.17, 15) is 0 Å². The van der Waals surface area contributed by atoms with Crippen molar-refractivity contribution in [3.05, 3.63) is 83.9 Å². The van der Waals surface area contributed by atoms with Crippen LogP contribution < -0.4 is 0 Å². The van der Waals surface area contributed by atoms with Gasteiger partial charge in [-0.05, 0) is 22.3 Å². The first-order chi connectivity index (χ1) is 10.4. The van der Waals surface area contributed by atoms with E-state index in [0.29, 0.717) is 5.92 Å². The van der Waals surface area contributed by atoms with Crippen molar-refractivity contribution in [2.75, 3.05) is 19.6 Å². The number of hydrogen-bond donors (Lipinski definition) is 0. The first-order valence-electron chi connectivity index (χ1n) is 7.65. The number of benzene rings is 2. The third kappa shape index (κ3) is 2.34. The highest BCUT2D eigenvalue weighted by Crippen LogP contribution is 2.39. The van der Waals surface area contributed by atoms with Gasteiger partial charge in [0.15, 0.2) is 0 Å². The summed E-state index contributed by atoms with van der Waals surface area (Å²) in [5.74, 6) is 0.497. The number of fused-ring (bicyclic) bond motifs is 2. The van der Waals surface area contributed by atoms with Crippen molar-refractivity contribution in [1.82, 2.24) is 4.90 Å². The van der Waals surface area contributed by atoms with Crippen LogP contribution in [0.2, 0.25) is 0 Å². The highest BCUT2D eigenvalue weighted by atomic mass is 15.1. The van der Waals surface area contributed by atoms with Crippen molar-refractivity contribution in [1.29, 1.82) is 0 Å². The van der Waals surface area contributed by atoms with E-state index in [2.05, 4.69) is 77.7 Å². The molecule has 0 amide bonds. The molecule has 0 N–H and O–H groups in total. The lowest BCUT2D eigenvalue weighted by molar-refractivity contribution is 0.302. The van der Waals surface area contributed by atoms with Gasteiger partial charge in [0.25, 0.3) is 0 Å². The molecule has 0 spiro atoms. The summed E-state index contributed by atoms with van der Waals surface area (Å²) in [4.78, 5) is 2.52. The maximum absolute atomic E-state index is 2.52. The quantitative estimate of drug-likeness (QED) is 0.796. The highest BCUT2D eigenvalue weighted by Gasteiger charge is 2.29. The average Bonchev–Trinajstić information content (AvgIpc) is 2.57. The predicted molar refractivity (Wildman–Crippen MR) is 88.8 cm³/mol. The first-order valence-corrected chi connectivity index (χ1v) is 7.65. The van der Waals surface area contributed by atoms with E-state index in [-0.39, 0.29) is 0 Å². The van der Waals surface area contributed by atoms with Crippen LogP contribution in [0.3, 0.4) is 0 Å². The molecule has 21 heavy (non-hydrogen) atoms. The van der Waals surface area contributed by atoms with Crippen LogP contribution in [0.25, 0.3) is 11.1 Å². The Morgan fingerprint density at radius 3 is 1.62 bits per heavy atom. The Labute approximate surface area is 126 Å². The molecule has 1 heteroatoms. The molecule has 0 aliphatic carbocycles. The molecule has 2 aliphatic rings. The molecule has 4 rings (SSSR count). The minimum absolute atomic E-state index is 0.497. The SMILES string of the molecule is C1=C(c2ccccc2)C2CN(C1)CC=C2c1ccccc1.